The molecule has 1 aromatic heterocycles. The SMILES string of the molecule is CN(C)C(=O)Nc1ccc(Cl)c(Cl)c1.CN(C)c1nc(=O)n(C2CCCCC2)c(=O)n1C. The molecule has 3 rings (SSSR count). The summed E-state index contributed by atoms with van der Waals surface area (Å²) in [5.74, 6) is 0.400. The van der Waals surface area contributed by atoms with Crippen molar-refractivity contribution in [3.8, 4) is 0 Å². The summed E-state index contributed by atoms with van der Waals surface area (Å²) in [7, 11) is 8.52. The highest BCUT2D eigenvalue weighted by Gasteiger charge is 2.21. The Balaban J connectivity index is 0.000000235. The van der Waals surface area contributed by atoms with E-state index in [1.807, 2.05) is 0 Å². The Bertz CT molecular complexity index is 1060. The van der Waals surface area contributed by atoms with Crippen molar-refractivity contribution in [1.82, 2.24) is 19.0 Å². The van der Waals surface area contributed by atoms with Gasteiger partial charge in [-0.3, -0.25) is 4.57 Å². The van der Waals surface area contributed by atoms with E-state index in [1.165, 1.54) is 20.5 Å². The fourth-order valence-electron chi connectivity index (χ4n) is 3.40. The van der Waals surface area contributed by atoms with Gasteiger partial charge < -0.3 is 15.1 Å². The number of carbonyl (C=O) groups is 1. The second kappa shape index (κ2) is 11.4. The van der Waals surface area contributed by atoms with E-state index < -0.39 is 5.69 Å². The van der Waals surface area contributed by atoms with E-state index in [0.717, 1.165) is 25.7 Å². The number of hydrogen-bond acceptors (Lipinski definition) is 5. The average molecular weight is 485 g/mol. The van der Waals surface area contributed by atoms with Crippen LogP contribution < -0.4 is 21.6 Å². The van der Waals surface area contributed by atoms with Gasteiger partial charge in [0.25, 0.3) is 0 Å². The molecule has 0 unspecified atom stereocenters. The van der Waals surface area contributed by atoms with Crippen LogP contribution in [-0.2, 0) is 7.05 Å². The molecule has 11 heteroatoms. The van der Waals surface area contributed by atoms with Gasteiger partial charge in [-0.1, -0.05) is 42.5 Å². The molecule has 1 aliphatic carbocycles. The third kappa shape index (κ3) is 6.49. The average Bonchev–Trinajstić information content (AvgIpc) is 2.74. The number of urea groups is 1. The topological polar surface area (TPSA) is 92.5 Å². The lowest BCUT2D eigenvalue weighted by molar-refractivity contribution is 0.230. The molecule has 1 heterocycles. The van der Waals surface area contributed by atoms with E-state index in [9.17, 15) is 14.4 Å². The molecule has 1 fully saturated rings. The molecule has 2 amide bonds. The maximum Gasteiger partial charge on any atom is 0.355 e. The minimum Gasteiger partial charge on any atom is -0.348 e. The third-order valence-electron chi connectivity index (χ3n) is 5.11. The lowest BCUT2D eigenvalue weighted by Crippen LogP contribution is -2.45. The van der Waals surface area contributed by atoms with Crippen molar-refractivity contribution in [3.63, 3.8) is 0 Å². The molecular weight excluding hydrogens is 455 g/mol. The molecule has 1 saturated carbocycles. The Morgan fingerprint density at radius 1 is 1.06 bits per heavy atom. The zero-order chi connectivity index (χ0) is 24.0. The van der Waals surface area contributed by atoms with Crippen LogP contribution in [0.3, 0.4) is 0 Å². The lowest BCUT2D eigenvalue weighted by Gasteiger charge is -2.24. The van der Waals surface area contributed by atoms with Crippen LogP contribution in [0.5, 0.6) is 0 Å². The van der Waals surface area contributed by atoms with Crippen LogP contribution in [0.15, 0.2) is 27.8 Å². The van der Waals surface area contributed by atoms with E-state index in [4.69, 9.17) is 23.2 Å². The van der Waals surface area contributed by atoms with Gasteiger partial charge in [0.2, 0.25) is 5.95 Å². The first-order chi connectivity index (χ1) is 15.0. The first-order valence-corrected chi connectivity index (χ1v) is 11.1. The largest absolute Gasteiger partial charge is 0.355 e. The maximum absolute atomic E-state index is 12.3. The lowest BCUT2D eigenvalue weighted by atomic mass is 9.95. The van der Waals surface area contributed by atoms with E-state index in [2.05, 4.69) is 10.3 Å². The fraction of sp³-hybridized carbons (Fsp3) is 0.524. The summed E-state index contributed by atoms with van der Waals surface area (Å²) in [5.41, 5.74) is -0.0580. The summed E-state index contributed by atoms with van der Waals surface area (Å²) in [6.45, 7) is 0. The highest BCUT2D eigenvalue weighted by Crippen LogP contribution is 2.26. The van der Waals surface area contributed by atoms with Crippen molar-refractivity contribution in [2.24, 2.45) is 7.05 Å². The molecule has 0 saturated heterocycles. The summed E-state index contributed by atoms with van der Waals surface area (Å²) < 4.78 is 2.77. The minimum absolute atomic E-state index is 0.0219. The first-order valence-electron chi connectivity index (χ1n) is 10.3. The van der Waals surface area contributed by atoms with Gasteiger partial charge in [-0.2, -0.15) is 4.98 Å². The van der Waals surface area contributed by atoms with E-state index in [-0.39, 0.29) is 17.8 Å². The van der Waals surface area contributed by atoms with Crippen LogP contribution in [0.1, 0.15) is 38.1 Å². The summed E-state index contributed by atoms with van der Waals surface area (Å²) in [6, 6.07) is 4.74. The predicted molar refractivity (Wildman–Crippen MR) is 129 cm³/mol. The highest BCUT2D eigenvalue weighted by molar-refractivity contribution is 6.42. The minimum atomic E-state index is -0.423. The Labute approximate surface area is 197 Å². The van der Waals surface area contributed by atoms with Crippen LogP contribution in [0.2, 0.25) is 10.0 Å². The molecule has 0 bridgehead atoms. The Morgan fingerprint density at radius 3 is 2.22 bits per heavy atom. The van der Waals surface area contributed by atoms with E-state index in [1.54, 1.807) is 58.3 Å². The molecule has 9 nitrogen and oxygen atoms in total. The highest BCUT2D eigenvalue weighted by atomic mass is 35.5. The van der Waals surface area contributed by atoms with Crippen LogP contribution >= 0.6 is 23.2 Å². The maximum atomic E-state index is 12.3. The second-order valence-electron chi connectivity index (χ2n) is 8.05. The van der Waals surface area contributed by atoms with Crippen molar-refractivity contribution in [3.05, 3.63) is 49.2 Å². The summed E-state index contributed by atoms with van der Waals surface area (Å²) in [4.78, 5) is 42.7. The number of benzene rings is 1. The fourth-order valence-corrected chi connectivity index (χ4v) is 3.70. The zero-order valence-electron chi connectivity index (χ0n) is 19.1. The van der Waals surface area contributed by atoms with E-state index >= 15 is 0 Å². The van der Waals surface area contributed by atoms with Gasteiger partial charge in [0.05, 0.1) is 10.0 Å². The molecular formula is C21H30Cl2N6O3. The van der Waals surface area contributed by atoms with Gasteiger partial charge in [0.1, 0.15) is 0 Å². The molecule has 0 radical (unpaired) electrons. The predicted octanol–water partition coefficient (Wildman–Crippen LogP) is 3.60. The van der Waals surface area contributed by atoms with Crippen LogP contribution in [-0.4, -0.2) is 53.2 Å². The van der Waals surface area contributed by atoms with Crippen molar-refractivity contribution in [2.45, 2.75) is 38.1 Å². The van der Waals surface area contributed by atoms with Crippen LogP contribution in [0.4, 0.5) is 16.4 Å². The number of nitrogens with one attached hydrogen (secondary N) is 1. The Hall–Kier alpha value is -2.52. The summed E-state index contributed by atoms with van der Waals surface area (Å²) in [6.07, 6.45) is 5.15. The number of aromatic nitrogens is 3. The first kappa shape index (κ1) is 25.7. The molecule has 0 spiro atoms. The van der Waals surface area contributed by atoms with E-state index in [0.29, 0.717) is 21.7 Å². The van der Waals surface area contributed by atoms with Gasteiger partial charge in [-0.15, -0.1) is 0 Å². The quantitative estimate of drug-likeness (QED) is 0.718. The van der Waals surface area contributed by atoms with Gasteiger partial charge >= 0.3 is 17.4 Å². The number of nitrogens with zero attached hydrogens (tertiary/aromatic N) is 5. The molecule has 32 heavy (non-hydrogen) atoms. The van der Waals surface area contributed by atoms with Gasteiger partial charge in [-0.25, -0.2) is 19.0 Å². The summed E-state index contributed by atoms with van der Waals surface area (Å²) >= 11 is 11.5. The van der Waals surface area contributed by atoms with Gasteiger partial charge in [-0.05, 0) is 31.0 Å². The van der Waals surface area contributed by atoms with Crippen LogP contribution in [0.25, 0.3) is 0 Å². The molecule has 2 aromatic rings. The standard InChI is InChI=1S/C12H20N4O2.C9H10Cl2N2O/c1-14(2)10-13-11(17)16(12(18)15(10)3)9-7-5-4-6-8-9;1-13(2)9(14)12-6-3-4-7(10)8(11)5-6/h9H,4-8H2,1-3H3;3-5H,1-2H3,(H,12,14). The Morgan fingerprint density at radius 2 is 1.69 bits per heavy atom. The van der Waals surface area contributed by atoms with Crippen molar-refractivity contribution < 1.29 is 4.79 Å². The molecule has 0 atom stereocenters. The van der Waals surface area contributed by atoms with Crippen LogP contribution in [0, 0.1) is 0 Å². The molecule has 1 aliphatic rings. The zero-order valence-corrected chi connectivity index (χ0v) is 20.6. The number of halogens is 2. The summed E-state index contributed by atoms with van der Waals surface area (Å²) in [5, 5.41) is 3.54. The molecule has 0 aliphatic heterocycles. The number of hydrogen-bond donors (Lipinski definition) is 1. The number of amides is 2. The normalized spacial score (nSPS) is 13.7. The molecule has 1 aromatic carbocycles. The van der Waals surface area contributed by atoms with Crippen molar-refractivity contribution in [1.29, 1.82) is 0 Å². The van der Waals surface area contributed by atoms with Crippen molar-refractivity contribution >= 4 is 40.9 Å². The third-order valence-corrected chi connectivity index (χ3v) is 5.85. The second-order valence-corrected chi connectivity index (χ2v) is 8.86. The number of rotatable bonds is 3. The smallest absolute Gasteiger partial charge is 0.348 e. The molecule has 1 N–H and O–H groups in total. The van der Waals surface area contributed by atoms with Crippen molar-refractivity contribution in [2.75, 3.05) is 38.4 Å². The Kier molecular flexibility index (Phi) is 9.15. The molecule has 176 valence electrons. The van der Waals surface area contributed by atoms with Gasteiger partial charge in [0, 0.05) is 47.0 Å². The number of anilines is 2. The van der Waals surface area contributed by atoms with Gasteiger partial charge in [0.15, 0.2) is 0 Å². The number of carbonyl (C=O) groups excluding carboxylic acids is 1. The monoisotopic (exact) mass is 484 g/mol.